The van der Waals surface area contributed by atoms with Crippen LogP contribution in [-0.4, -0.2) is 19.9 Å². The van der Waals surface area contributed by atoms with Crippen molar-refractivity contribution in [3.8, 4) is 67.7 Å². The third-order valence-electron chi connectivity index (χ3n) is 18.6. The van der Waals surface area contributed by atoms with Crippen molar-refractivity contribution in [2.24, 2.45) is 0 Å². The average molecular weight is 1310 g/mol. The van der Waals surface area contributed by atoms with E-state index in [2.05, 4.69) is 187 Å². The molecule has 10 aromatic rings. The second-order valence-electron chi connectivity index (χ2n) is 25.3. The van der Waals surface area contributed by atoms with Gasteiger partial charge >= 0.3 is 0 Å². The molecule has 0 spiro atoms. The van der Waals surface area contributed by atoms with Crippen molar-refractivity contribution in [3.63, 3.8) is 0 Å². The topological polar surface area (TPSA) is 51.6 Å². The van der Waals surface area contributed by atoms with Crippen LogP contribution in [0.1, 0.15) is 203 Å². The van der Waals surface area contributed by atoms with E-state index in [4.69, 9.17) is 19.9 Å². The number of pyridine rings is 1. The number of fused-ring (bicyclic) bond motifs is 7. The molecule has 0 fully saturated rings. The molecular formula is C81H91IrN4-. The van der Waals surface area contributed by atoms with Gasteiger partial charge in [-0.25, -0.2) is 15.0 Å². The smallest absolute Gasteiger partial charge is 0.164 e. The zero-order valence-electron chi connectivity index (χ0n) is 52.5. The molecule has 11 rings (SSSR count). The fourth-order valence-electron chi connectivity index (χ4n) is 13.8. The summed E-state index contributed by atoms with van der Waals surface area (Å²) in [6.07, 6.45) is 29.9. The Morgan fingerprint density at radius 2 is 0.860 bits per heavy atom. The standard InChI is InChI=1S/C81H91N4.Ir/c1-7-11-15-19-21-31-41-64-65(42-32-22-20-16-12-8-2)70-53-62(46-48-67(70)66-47-45-61(52-69(64)66)63-50-57(35-25-17-13-9-3)49-58(51-63)36-26-18-14-10-4)76-55-73(72-54-71-68-43-33-34-44-74(68)81(5,6)75(71)56-77(72)82-76)80-84-78(59-37-27-23-28-38-59)83-79(85-80)60-39-29-24-30-40-60;/h23-24,27-30,33-34,37-40,43-45,47-56H,7-22,25-26,31-32,35-36,41-42H2,1-6H3;/q-1;. The number of hydrogen-bond acceptors (Lipinski definition) is 4. The third kappa shape index (κ3) is 14.2. The van der Waals surface area contributed by atoms with Crippen LogP contribution < -0.4 is 0 Å². The molecule has 0 N–H and O–H groups in total. The van der Waals surface area contributed by atoms with Gasteiger partial charge in [0.2, 0.25) is 0 Å². The van der Waals surface area contributed by atoms with Gasteiger partial charge in [0.25, 0.3) is 0 Å². The molecule has 1 radical (unpaired) electrons. The molecule has 0 amide bonds. The van der Waals surface area contributed by atoms with E-state index >= 15 is 0 Å². The minimum atomic E-state index is -0.201. The largest absolute Gasteiger partial charge is 0.296 e. The molecule has 86 heavy (non-hydrogen) atoms. The van der Waals surface area contributed by atoms with Gasteiger partial charge in [-0.2, -0.15) is 0 Å². The summed E-state index contributed by atoms with van der Waals surface area (Å²) >= 11 is 0. The first-order valence-corrected chi connectivity index (χ1v) is 33.3. The van der Waals surface area contributed by atoms with E-state index in [0.717, 1.165) is 64.5 Å². The van der Waals surface area contributed by atoms with Crippen LogP contribution in [0.15, 0.2) is 152 Å². The predicted molar refractivity (Wildman–Crippen MR) is 364 cm³/mol. The molecular weight excluding hydrogens is 1220 g/mol. The molecule has 5 heteroatoms. The Bertz CT molecular complexity index is 3790. The molecule has 445 valence electrons. The van der Waals surface area contributed by atoms with Crippen LogP contribution in [-0.2, 0) is 51.2 Å². The minimum Gasteiger partial charge on any atom is -0.296 e. The van der Waals surface area contributed by atoms with Crippen molar-refractivity contribution in [1.82, 2.24) is 19.9 Å². The number of nitrogens with zero attached hydrogens (tertiary/aromatic N) is 4. The van der Waals surface area contributed by atoms with Crippen LogP contribution in [0, 0.1) is 6.07 Å². The van der Waals surface area contributed by atoms with Crippen molar-refractivity contribution in [3.05, 3.63) is 191 Å². The van der Waals surface area contributed by atoms with Crippen LogP contribution >= 0.6 is 0 Å². The summed E-state index contributed by atoms with van der Waals surface area (Å²) in [7, 11) is 0. The third-order valence-corrected chi connectivity index (χ3v) is 18.6. The molecule has 2 heterocycles. The number of benzene rings is 8. The molecule has 8 aromatic carbocycles. The summed E-state index contributed by atoms with van der Waals surface area (Å²) in [6.45, 7) is 14.0. The van der Waals surface area contributed by atoms with E-state index in [1.807, 2.05) is 12.1 Å². The molecule has 0 bridgehead atoms. The van der Waals surface area contributed by atoms with Crippen molar-refractivity contribution in [2.75, 3.05) is 0 Å². The van der Waals surface area contributed by atoms with Gasteiger partial charge in [-0.1, -0.05) is 287 Å². The summed E-state index contributed by atoms with van der Waals surface area (Å²) in [6, 6.07) is 60.4. The average Bonchev–Trinajstić information content (AvgIpc) is 1.92. The van der Waals surface area contributed by atoms with Crippen molar-refractivity contribution >= 4 is 32.4 Å². The van der Waals surface area contributed by atoms with E-state index in [9.17, 15) is 0 Å². The van der Waals surface area contributed by atoms with Gasteiger partial charge in [-0.05, 0) is 131 Å². The molecule has 0 saturated heterocycles. The molecule has 0 aliphatic heterocycles. The Morgan fingerprint density at radius 1 is 0.349 bits per heavy atom. The minimum absolute atomic E-state index is 0. The molecule has 0 atom stereocenters. The van der Waals surface area contributed by atoms with Crippen LogP contribution in [0.5, 0.6) is 0 Å². The zero-order valence-corrected chi connectivity index (χ0v) is 54.9. The SMILES string of the molecule is CCCCCCCCc1c(CCCCCCCC)c2cc(-c3cc(CCCCCC)cc(CCCCCC)c3)ccc2c2c[c-]c(-c3cc(-c4nc(-c5ccccc5)nc(-c5ccccc5)n4)c4cc5c(cc4n3)C(C)(C)c3ccccc3-5)cc12.[Ir]. The Labute approximate surface area is 528 Å². The summed E-state index contributed by atoms with van der Waals surface area (Å²) in [5.74, 6) is 1.92. The maximum Gasteiger partial charge on any atom is 0.164 e. The van der Waals surface area contributed by atoms with Crippen molar-refractivity contribution in [1.29, 1.82) is 0 Å². The number of aromatic nitrogens is 4. The summed E-state index contributed by atoms with van der Waals surface area (Å²) in [4.78, 5) is 21.6. The number of hydrogen-bond donors (Lipinski definition) is 0. The number of rotatable bonds is 29. The quantitative estimate of drug-likeness (QED) is 0.0266. The Kier molecular flexibility index (Phi) is 21.6. The summed E-state index contributed by atoms with van der Waals surface area (Å²) in [5, 5.41) is 6.42. The first-order valence-electron chi connectivity index (χ1n) is 33.3. The fraction of sp³-hybridized carbons (Fsp3) is 0.383. The maximum absolute atomic E-state index is 5.72. The first kappa shape index (κ1) is 62.4. The Balaban J connectivity index is 0.00000820. The monoisotopic (exact) mass is 1310 g/mol. The van der Waals surface area contributed by atoms with Crippen LogP contribution in [0.25, 0.3) is 100 Å². The van der Waals surface area contributed by atoms with Crippen LogP contribution in [0.2, 0.25) is 0 Å². The summed E-state index contributed by atoms with van der Waals surface area (Å²) in [5.41, 5.74) is 19.4. The van der Waals surface area contributed by atoms with E-state index < -0.39 is 0 Å². The molecule has 2 aromatic heterocycles. The van der Waals surface area contributed by atoms with Crippen LogP contribution in [0.3, 0.4) is 0 Å². The van der Waals surface area contributed by atoms with E-state index in [-0.39, 0.29) is 25.5 Å². The van der Waals surface area contributed by atoms with E-state index in [0.29, 0.717) is 17.5 Å². The van der Waals surface area contributed by atoms with Gasteiger partial charge in [-0.3, -0.25) is 4.98 Å². The summed E-state index contributed by atoms with van der Waals surface area (Å²) < 4.78 is 0. The molecule has 1 aliphatic carbocycles. The van der Waals surface area contributed by atoms with Gasteiger partial charge in [0.1, 0.15) is 0 Å². The van der Waals surface area contributed by atoms with Crippen LogP contribution in [0.4, 0.5) is 0 Å². The second-order valence-corrected chi connectivity index (χ2v) is 25.3. The number of unbranched alkanes of at least 4 members (excludes halogenated alkanes) is 16. The first-order chi connectivity index (χ1) is 41.8. The second kappa shape index (κ2) is 29.8. The van der Waals surface area contributed by atoms with E-state index in [1.54, 1.807) is 5.56 Å². The molecule has 0 saturated carbocycles. The van der Waals surface area contributed by atoms with Gasteiger partial charge in [0.05, 0.1) is 5.52 Å². The normalized spacial score (nSPS) is 12.5. The van der Waals surface area contributed by atoms with Gasteiger partial charge in [-0.15, -0.1) is 23.8 Å². The molecule has 0 unspecified atom stereocenters. The Hall–Kier alpha value is -6.65. The van der Waals surface area contributed by atoms with Crippen molar-refractivity contribution in [2.45, 2.75) is 201 Å². The predicted octanol–water partition coefficient (Wildman–Crippen LogP) is 23.2. The van der Waals surface area contributed by atoms with Crippen molar-refractivity contribution < 1.29 is 20.1 Å². The number of aryl methyl sites for hydroxylation is 4. The van der Waals surface area contributed by atoms with Gasteiger partial charge in [0.15, 0.2) is 17.5 Å². The zero-order chi connectivity index (χ0) is 58.5. The molecule has 1 aliphatic rings. The van der Waals surface area contributed by atoms with Gasteiger partial charge < -0.3 is 0 Å². The maximum atomic E-state index is 5.72. The fourth-order valence-corrected chi connectivity index (χ4v) is 13.8. The van der Waals surface area contributed by atoms with E-state index in [1.165, 1.54) is 200 Å². The molecule has 4 nitrogen and oxygen atoms in total. The Morgan fingerprint density at radius 3 is 1.45 bits per heavy atom. The van der Waals surface area contributed by atoms with Gasteiger partial charge in [0, 0.05) is 47.6 Å².